The van der Waals surface area contributed by atoms with Crippen molar-refractivity contribution in [3.05, 3.63) is 59.7 Å². The van der Waals surface area contributed by atoms with Crippen molar-refractivity contribution < 1.29 is 22.7 Å². The summed E-state index contributed by atoms with van der Waals surface area (Å²) in [4.78, 5) is 14.4. The Morgan fingerprint density at radius 2 is 1.75 bits per heavy atom. The number of sulfonamides is 1. The molecule has 0 saturated carbocycles. The third-order valence-electron chi connectivity index (χ3n) is 5.27. The van der Waals surface area contributed by atoms with Gasteiger partial charge in [0.15, 0.2) is 11.5 Å². The maximum absolute atomic E-state index is 12.6. The largest absolute Gasteiger partial charge is 0.490 e. The van der Waals surface area contributed by atoms with Crippen molar-refractivity contribution in [2.45, 2.75) is 38.2 Å². The Morgan fingerprint density at radius 1 is 1.06 bits per heavy atom. The molecule has 0 aliphatic carbocycles. The van der Waals surface area contributed by atoms with E-state index in [9.17, 15) is 13.2 Å². The fraction of sp³-hybridized carbons (Fsp3) is 0.435. The fourth-order valence-corrected chi connectivity index (χ4v) is 4.35. The second-order valence-electron chi connectivity index (χ2n) is 7.63. The van der Waals surface area contributed by atoms with Crippen LogP contribution in [-0.2, 0) is 22.3 Å². The lowest BCUT2D eigenvalue weighted by Gasteiger charge is -2.32. The zero-order valence-corrected chi connectivity index (χ0v) is 19.4. The van der Waals surface area contributed by atoms with E-state index in [0.29, 0.717) is 31.8 Å². The van der Waals surface area contributed by atoms with Crippen LogP contribution in [0, 0.1) is 0 Å². The van der Waals surface area contributed by atoms with Crippen molar-refractivity contribution in [1.82, 2.24) is 14.9 Å². The Morgan fingerprint density at radius 3 is 2.44 bits per heavy atom. The topological polar surface area (TPSA) is 97.0 Å². The number of nitrogens with zero attached hydrogens (tertiary/aromatic N) is 1. The van der Waals surface area contributed by atoms with Crippen LogP contribution in [0.1, 0.15) is 30.9 Å². The van der Waals surface area contributed by atoms with Crippen LogP contribution in [0.2, 0.25) is 0 Å². The van der Waals surface area contributed by atoms with E-state index in [1.54, 1.807) is 23.1 Å². The monoisotopic (exact) mass is 461 g/mol. The third-order valence-corrected chi connectivity index (χ3v) is 6.61. The summed E-state index contributed by atoms with van der Waals surface area (Å²) in [5, 5.41) is 2.92. The van der Waals surface area contributed by atoms with Gasteiger partial charge in [0, 0.05) is 32.5 Å². The van der Waals surface area contributed by atoms with E-state index in [1.165, 1.54) is 7.05 Å². The van der Waals surface area contributed by atoms with Crippen LogP contribution in [0.5, 0.6) is 11.5 Å². The van der Waals surface area contributed by atoms with Crippen LogP contribution in [-0.4, -0.2) is 52.2 Å². The number of hydrogen-bond acceptors (Lipinski definition) is 5. The van der Waals surface area contributed by atoms with E-state index in [-0.39, 0.29) is 17.9 Å². The molecule has 0 spiro atoms. The number of urea groups is 1. The molecule has 2 aromatic rings. The van der Waals surface area contributed by atoms with Crippen LogP contribution in [0.4, 0.5) is 4.79 Å². The van der Waals surface area contributed by atoms with Gasteiger partial charge in [0.2, 0.25) is 10.0 Å². The lowest BCUT2D eigenvalue weighted by Crippen LogP contribution is -2.46. The summed E-state index contributed by atoms with van der Waals surface area (Å²) in [6.45, 7) is 4.06. The molecule has 9 heteroatoms. The fourth-order valence-electron chi connectivity index (χ4n) is 3.59. The molecule has 8 nitrogen and oxygen atoms in total. The third kappa shape index (κ3) is 6.86. The van der Waals surface area contributed by atoms with Gasteiger partial charge in [-0.25, -0.2) is 17.9 Å². The average Bonchev–Trinajstić information content (AvgIpc) is 2.79. The molecule has 1 saturated heterocycles. The minimum atomic E-state index is -3.34. The highest BCUT2D eigenvalue weighted by Gasteiger charge is 2.24. The van der Waals surface area contributed by atoms with Crippen LogP contribution in [0.25, 0.3) is 0 Å². The van der Waals surface area contributed by atoms with Crippen LogP contribution in [0.3, 0.4) is 0 Å². The van der Waals surface area contributed by atoms with E-state index < -0.39 is 10.0 Å². The maximum atomic E-state index is 12.6. The molecular formula is C23H31N3O5S. The second kappa shape index (κ2) is 11.2. The molecule has 174 valence electrons. The highest BCUT2D eigenvalue weighted by atomic mass is 32.2. The summed E-state index contributed by atoms with van der Waals surface area (Å²) in [6, 6.07) is 14.7. The van der Waals surface area contributed by atoms with Crippen molar-refractivity contribution in [3.63, 3.8) is 0 Å². The Balaban J connectivity index is 1.47. The normalized spacial score (nSPS) is 14.8. The van der Waals surface area contributed by atoms with Gasteiger partial charge in [0.25, 0.3) is 0 Å². The quantitative estimate of drug-likeness (QED) is 0.599. The second-order valence-corrected chi connectivity index (χ2v) is 9.55. The molecule has 1 aliphatic rings. The smallest absolute Gasteiger partial charge is 0.317 e. The van der Waals surface area contributed by atoms with Crippen molar-refractivity contribution in [1.29, 1.82) is 0 Å². The molecule has 3 rings (SSSR count). The molecule has 0 bridgehead atoms. The molecule has 0 unspecified atom stereocenters. The molecule has 1 aliphatic heterocycles. The van der Waals surface area contributed by atoms with Gasteiger partial charge in [0.05, 0.1) is 12.4 Å². The summed E-state index contributed by atoms with van der Waals surface area (Å²) in [5.74, 6) is 1.38. The SMILES string of the molecule is CCOc1ccccc1OC1CCN(C(=O)NCc2cccc(CS(=O)(=O)NC)c2)CC1. The molecule has 1 fully saturated rings. The first kappa shape index (κ1) is 23.9. The van der Waals surface area contributed by atoms with Crippen molar-refractivity contribution in [2.75, 3.05) is 26.7 Å². The Hall–Kier alpha value is -2.78. The first-order valence-corrected chi connectivity index (χ1v) is 12.5. The summed E-state index contributed by atoms with van der Waals surface area (Å²) in [5.41, 5.74) is 1.53. The number of rotatable bonds is 9. The van der Waals surface area contributed by atoms with Gasteiger partial charge in [-0.15, -0.1) is 0 Å². The predicted molar refractivity (Wildman–Crippen MR) is 123 cm³/mol. The summed E-state index contributed by atoms with van der Waals surface area (Å²) in [7, 11) is -1.94. The van der Waals surface area contributed by atoms with E-state index in [2.05, 4.69) is 10.0 Å². The highest BCUT2D eigenvalue weighted by molar-refractivity contribution is 7.88. The number of para-hydroxylation sites is 2. The van der Waals surface area contributed by atoms with Gasteiger partial charge < -0.3 is 19.7 Å². The van der Waals surface area contributed by atoms with Gasteiger partial charge in [0.1, 0.15) is 6.10 Å². The number of likely N-dealkylation sites (tertiary alicyclic amines) is 1. The minimum absolute atomic E-state index is 0.0338. The molecule has 0 radical (unpaired) electrons. The molecule has 2 N–H and O–H groups in total. The van der Waals surface area contributed by atoms with E-state index >= 15 is 0 Å². The van der Waals surface area contributed by atoms with Gasteiger partial charge >= 0.3 is 6.03 Å². The lowest BCUT2D eigenvalue weighted by atomic mass is 10.1. The van der Waals surface area contributed by atoms with Crippen molar-refractivity contribution >= 4 is 16.1 Å². The Bertz CT molecular complexity index is 1000. The van der Waals surface area contributed by atoms with Crippen LogP contribution < -0.4 is 19.5 Å². The van der Waals surface area contributed by atoms with Gasteiger partial charge in [-0.3, -0.25) is 0 Å². The van der Waals surface area contributed by atoms with E-state index in [0.717, 1.165) is 29.9 Å². The summed E-state index contributed by atoms with van der Waals surface area (Å²) in [6.07, 6.45) is 1.52. The standard InChI is InChI=1S/C23H31N3O5S/c1-3-30-21-9-4-5-10-22(21)31-20-11-13-26(14-12-20)23(27)25-16-18-7-6-8-19(15-18)17-32(28,29)24-2/h4-10,15,20,24H,3,11-14,16-17H2,1-2H3,(H,25,27). The van der Waals surface area contributed by atoms with Crippen LogP contribution >= 0.6 is 0 Å². The van der Waals surface area contributed by atoms with E-state index in [1.807, 2.05) is 37.3 Å². The van der Waals surface area contributed by atoms with Gasteiger partial charge in [-0.2, -0.15) is 0 Å². The van der Waals surface area contributed by atoms with Crippen molar-refractivity contribution in [3.8, 4) is 11.5 Å². The molecular weight excluding hydrogens is 430 g/mol. The predicted octanol–water partition coefficient (Wildman–Crippen LogP) is 2.89. The number of hydrogen-bond donors (Lipinski definition) is 2. The Labute approximate surface area is 190 Å². The molecule has 1 heterocycles. The lowest BCUT2D eigenvalue weighted by molar-refractivity contribution is 0.107. The average molecular weight is 462 g/mol. The molecule has 0 atom stereocenters. The number of ether oxygens (including phenoxy) is 2. The number of carbonyl (C=O) groups excluding carboxylic acids is 1. The first-order chi connectivity index (χ1) is 15.4. The Kier molecular flexibility index (Phi) is 8.35. The first-order valence-electron chi connectivity index (χ1n) is 10.8. The zero-order valence-electron chi connectivity index (χ0n) is 18.5. The van der Waals surface area contributed by atoms with E-state index in [4.69, 9.17) is 9.47 Å². The van der Waals surface area contributed by atoms with Gasteiger partial charge in [-0.05, 0) is 37.2 Å². The van der Waals surface area contributed by atoms with Crippen molar-refractivity contribution in [2.24, 2.45) is 0 Å². The molecule has 0 aromatic heterocycles. The zero-order chi connectivity index (χ0) is 23.0. The van der Waals surface area contributed by atoms with Crippen LogP contribution in [0.15, 0.2) is 48.5 Å². The number of nitrogens with one attached hydrogen (secondary N) is 2. The molecule has 32 heavy (non-hydrogen) atoms. The molecule has 2 amide bonds. The minimum Gasteiger partial charge on any atom is -0.490 e. The maximum Gasteiger partial charge on any atom is 0.317 e. The number of piperidine rings is 1. The number of amides is 2. The number of carbonyl (C=O) groups is 1. The summed E-state index contributed by atoms with van der Waals surface area (Å²) < 4.78 is 37.5. The van der Waals surface area contributed by atoms with Gasteiger partial charge in [-0.1, -0.05) is 36.4 Å². The molecule has 2 aromatic carbocycles. The summed E-state index contributed by atoms with van der Waals surface area (Å²) >= 11 is 0. The highest BCUT2D eigenvalue weighted by Crippen LogP contribution is 2.29. The number of benzene rings is 2.